The molecule has 1 aromatic rings. The summed E-state index contributed by atoms with van der Waals surface area (Å²) < 4.78 is 10.0. The van der Waals surface area contributed by atoms with Crippen LogP contribution in [0.1, 0.15) is 83.2 Å². The number of amides is 1. The topological polar surface area (TPSA) is 156 Å². The van der Waals surface area contributed by atoms with Gasteiger partial charge in [-0.1, -0.05) is 49.8 Å². The number of methoxy groups -OCH3 is 1. The Kier molecular flexibility index (Phi) is 8.88. The van der Waals surface area contributed by atoms with Crippen molar-refractivity contribution in [2.24, 2.45) is 28.6 Å². The number of benzene rings is 1. The fourth-order valence-corrected chi connectivity index (χ4v) is 8.98. The molecule has 3 fully saturated rings. The van der Waals surface area contributed by atoms with Gasteiger partial charge in [-0.05, 0) is 73.3 Å². The molecule has 1 aromatic carbocycles. The van der Waals surface area contributed by atoms with Crippen LogP contribution in [0.15, 0.2) is 42.0 Å². The number of hydrogen-bond donors (Lipinski definition) is 3. The van der Waals surface area contributed by atoms with E-state index in [4.69, 9.17) is 9.47 Å². The van der Waals surface area contributed by atoms with Crippen molar-refractivity contribution in [2.75, 3.05) is 13.7 Å². The van der Waals surface area contributed by atoms with E-state index < -0.39 is 53.4 Å². The van der Waals surface area contributed by atoms with Gasteiger partial charge in [0.15, 0.2) is 18.4 Å². The third kappa shape index (κ3) is 5.51. The van der Waals surface area contributed by atoms with Crippen LogP contribution in [0.2, 0.25) is 0 Å². The molecule has 8 atom stereocenters. The lowest BCUT2D eigenvalue weighted by atomic mass is 9.45. The van der Waals surface area contributed by atoms with Crippen molar-refractivity contribution in [1.82, 2.24) is 5.32 Å². The lowest BCUT2D eigenvalue weighted by Crippen LogP contribution is -2.62. The molecule has 0 radical (unpaired) electrons. The first-order valence-corrected chi connectivity index (χ1v) is 15.6. The second kappa shape index (κ2) is 12.2. The van der Waals surface area contributed by atoms with Crippen molar-refractivity contribution >= 4 is 29.4 Å². The van der Waals surface area contributed by atoms with Crippen LogP contribution in [0.5, 0.6) is 0 Å². The summed E-state index contributed by atoms with van der Waals surface area (Å²) in [5.41, 5.74) is -1.28. The number of ketones is 2. The van der Waals surface area contributed by atoms with Crippen LogP contribution in [0, 0.1) is 28.6 Å². The third-order valence-corrected chi connectivity index (χ3v) is 11.3. The summed E-state index contributed by atoms with van der Waals surface area (Å²) >= 11 is 0. The first-order chi connectivity index (χ1) is 20.8. The van der Waals surface area contributed by atoms with Gasteiger partial charge in [0.25, 0.3) is 0 Å². The molecule has 1 amide bonds. The molecule has 10 nitrogen and oxygen atoms in total. The van der Waals surface area contributed by atoms with E-state index in [0.29, 0.717) is 24.8 Å². The maximum Gasteiger partial charge on any atom is 0.333 e. The number of esters is 2. The summed E-state index contributed by atoms with van der Waals surface area (Å²) in [7, 11) is 1.22. The average molecular weight is 610 g/mol. The Balaban J connectivity index is 1.18. The van der Waals surface area contributed by atoms with Crippen molar-refractivity contribution in [3.05, 3.63) is 47.5 Å². The number of carbonyl (C=O) groups is 5. The number of rotatable bonds is 9. The van der Waals surface area contributed by atoms with Crippen molar-refractivity contribution in [3.63, 3.8) is 0 Å². The van der Waals surface area contributed by atoms with Gasteiger partial charge in [-0.2, -0.15) is 0 Å². The molecule has 4 aliphatic rings. The third-order valence-electron chi connectivity index (χ3n) is 11.3. The van der Waals surface area contributed by atoms with Crippen LogP contribution in [0.3, 0.4) is 0 Å². The zero-order valence-corrected chi connectivity index (χ0v) is 25.7. The lowest BCUT2D eigenvalue weighted by Gasteiger charge is -2.60. The van der Waals surface area contributed by atoms with Crippen LogP contribution in [-0.4, -0.2) is 65.0 Å². The first kappa shape index (κ1) is 32.0. The largest absolute Gasteiger partial charge is 0.467 e. The Morgan fingerprint density at radius 2 is 1.77 bits per heavy atom. The predicted octanol–water partition coefficient (Wildman–Crippen LogP) is 3.14. The molecule has 0 heterocycles. The lowest BCUT2D eigenvalue weighted by molar-refractivity contribution is -0.184. The molecule has 0 aliphatic heterocycles. The summed E-state index contributed by atoms with van der Waals surface area (Å²) in [6, 6.07) is 7.54. The van der Waals surface area contributed by atoms with Crippen LogP contribution in [0.25, 0.3) is 0 Å². The summed E-state index contributed by atoms with van der Waals surface area (Å²) in [6.45, 7) is 3.39. The fraction of sp³-hybridized carbons (Fsp3) is 0.618. The van der Waals surface area contributed by atoms with Crippen molar-refractivity contribution < 1.29 is 43.7 Å². The van der Waals surface area contributed by atoms with E-state index in [1.807, 2.05) is 6.92 Å². The number of aliphatic hydroxyl groups excluding tert-OH is 1. The molecule has 3 N–H and O–H groups in total. The molecule has 0 aromatic heterocycles. The zero-order chi connectivity index (χ0) is 31.9. The monoisotopic (exact) mass is 609 g/mol. The van der Waals surface area contributed by atoms with Gasteiger partial charge in [-0.3, -0.25) is 19.2 Å². The molecule has 3 saturated carbocycles. The van der Waals surface area contributed by atoms with E-state index in [2.05, 4.69) is 12.2 Å². The number of carbonyl (C=O) groups excluding carboxylic acids is 5. The van der Waals surface area contributed by atoms with Crippen LogP contribution in [0.4, 0.5) is 0 Å². The average Bonchev–Trinajstić information content (AvgIpc) is 3.28. The van der Waals surface area contributed by atoms with Crippen molar-refractivity contribution in [3.8, 4) is 0 Å². The molecule has 238 valence electrons. The highest BCUT2D eigenvalue weighted by Gasteiger charge is 2.68. The number of Topliss-reactive ketones (excluding diaryl/α,β-unsaturated/α-hetero) is 1. The number of nitrogens with one attached hydrogen (secondary N) is 1. The van der Waals surface area contributed by atoms with Gasteiger partial charge in [0.05, 0.1) is 19.6 Å². The molecule has 10 heteroatoms. The highest BCUT2D eigenvalue weighted by molar-refractivity contribution is 5.92. The predicted molar refractivity (Wildman–Crippen MR) is 158 cm³/mol. The molecule has 4 aliphatic carbocycles. The Bertz CT molecular complexity index is 1360. The minimum atomic E-state index is -1.76. The SMILES string of the molecule is COC(=O)[C@H](NC(=O)CCC(=O)OCC(=O)[C@@]1(O)CC[C@@H]2[C@@H]3CCC4=CC(=O)CC[C@]4(C)[C@H]3[C@@H](O)C[C@@]21C)c1ccccc1. The highest BCUT2D eigenvalue weighted by atomic mass is 16.5. The van der Waals surface area contributed by atoms with E-state index in [-0.39, 0.29) is 54.6 Å². The summed E-state index contributed by atoms with van der Waals surface area (Å²) in [5, 5.41) is 26.0. The summed E-state index contributed by atoms with van der Waals surface area (Å²) in [5.74, 6) is -2.39. The van der Waals surface area contributed by atoms with Gasteiger partial charge in [-0.15, -0.1) is 0 Å². The standard InChI is InChI=1S/C34H43NO9/c1-32-15-13-22(36)17-21(32)9-10-23-24-14-16-34(42,33(24,2)18-25(37)29(23)32)26(38)19-44-28(40)12-11-27(39)35-30(31(41)43-3)20-7-5-4-6-8-20/h4-8,17,23-25,29-30,37,42H,9-16,18-19H2,1-3H3,(H,35,39)/t23-,24+,25-,29+,30+,32-,33-,34-/m0/s1. The minimum absolute atomic E-state index is 0.00706. The number of aliphatic hydroxyl groups is 2. The normalized spacial score (nSPS) is 34.8. The van der Waals surface area contributed by atoms with Gasteiger partial charge < -0.3 is 25.0 Å². The van der Waals surface area contributed by atoms with Crippen LogP contribution < -0.4 is 5.32 Å². The smallest absolute Gasteiger partial charge is 0.333 e. The minimum Gasteiger partial charge on any atom is -0.467 e. The molecule has 5 rings (SSSR count). The fourth-order valence-electron chi connectivity index (χ4n) is 8.98. The van der Waals surface area contributed by atoms with Gasteiger partial charge in [0, 0.05) is 18.3 Å². The van der Waals surface area contributed by atoms with E-state index in [1.165, 1.54) is 7.11 Å². The number of allylic oxidation sites excluding steroid dienone is 1. The summed E-state index contributed by atoms with van der Waals surface area (Å²) in [4.78, 5) is 62.9. The first-order valence-electron chi connectivity index (χ1n) is 15.6. The molecule has 0 spiro atoms. The van der Waals surface area contributed by atoms with E-state index in [1.54, 1.807) is 36.4 Å². The van der Waals surface area contributed by atoms with Crippen LogP contribution >= 0.6 is 0 Å². The van der Waals surface area contributed by atoms with E-state index in [9.17, 15) is 34.2 Å². The number of hydrogen-bond acceptors (Lipinski definition) is 9. The number of ether oxygens (including phenoxy) is 2. The quantitative estimate of drug-likeness (QED) is 0.358. The molecule has 0 saturated heterocycles. The van der Waals surface area contributed by atoms with Gasteiger partial charge in [0.2, 0.25) is 11.7 Å². The van der Waals surface area contributed by atoms with Gasteiger partial charge in [0.1, 0.15) is 5.60 Å². The second-order valence-corrected chi connectivity index (χ2v) is 13.5. The number of fused-ring (bicyclic) bond motifs is 5. The summed E-state index contributed by atoms with van der Waals surface area (Å²) in [6.07, 6.45) is 4.25. The molecular weight excluding hydrogens is 566 g/mol. The van der Waals surface area contributed by atoms with Gasteiger partial charge >= 0.3 is 11.9 Å². The Labute approximate surface area is 257 Å². The molecular formula is C34H43NO9. The Hall–Kier alpha value is -3.37. The Morgan fingerprint density at radius 3 is 2.48 bits per heavy atom. The molecule has 0 unspecified atom stereocenters. The van der Waals surface area contributed by atoms with Crippen LogP contribution in [-0.2, 0) is 33.4 Å². The van der Waals surface area contributed by atoms with Gasteiger partial charge in [-0.25, -0.2) is 4.79 Å². The highest BCUT2D eigenvalue weighted by Crippen LogP contribution is 2.67. The zero-order valence-electron chi connectivity index (χ0n) is 25.7. The maximum atomic E-state index is 13.5. The van der Waals surface area contributed by atoms with Crippen molar-refractivity contribution in [2.45, 2.75) is 89.4 Å². The van der Waals surface area contributed by atoms with E-state index in [0.717, 1.165) is 18.4 Å². The molecule has 44 heavy (non-hydrogen) atoms. The van der Waals surface area contributed by atoms with E-state index >= 15 is 0 Å². The van der Waals surface area contributed by atoms with Crippen molar-refractivity contribution in [1.29, 1.82) is 0 Å². The maximum absolute atomic E-state index is 13.5. The molecule has 0 bridgehead atoms. The Morgan fingerprint density at radius 1 is 1.05 bits per heavy atom. The second-order valence-electron chi connectivity index (χ2n) is 13.5.